The summed E-state index contributed by atoms with van der Waals surface area (Å²) >= 11 is 0. The van der Waals surface area contributed by atoms with Crippen LogP contribution in [-0.2, 0) is 4.74 Å². The molecular formula is C27H44O4. The fourth-order valence-corrected chi connectivity index (χ4v) is 6.09. The molecule has 0 aliphatic heterocycles. The van der Waals surface area contributed by atoms with E-state index in [1.54, 1.807) is 0 Å². The second-order valence-electron chi connectivity index (χ2n) is 11.3. The SMILES string of the molecule is C=C1[C@H](O)CC(=C/C=C2\CCCC3(C)C2CCC3[C@@H](C)OC[C@H](C)C(C)(C)O)C[C@H]1O. The van der Waals surface area contributed by atoms with E-state index in [1.165, 1.54) is 31.3 Å². The lowest BCUT2D eigenvalue weighted by Crippen LogP contribution is -2.40. The van der Waals surface area contributed by atoms with E-state index in [2.05, 4.69) is 39.5 Å². The van der Waals surface area contributed by atoms with E-state index < -0.39 is 17.8 Å². The first kappa shape index (κ1) is 24.7. The van der Waals surface area contributed by atoms with Crippen LogP contribution in [0, 0.1) is 23.2 Å². The Morgan fingerprint density at radius 2 is 1.81 bits per heavy atom. The molecule has 0 saturated heterocycles. The van der Waals surface area contributed by atoms with Crippen molar-refractivity contribution in [1.29, 1.82) is 0 Å². The van der Waals surface area contributed by atoms with Crippen molar-refractivity contribution in [3.8, 4) is 0 Å². The van der Waals surface area contributed by atoms with Crippen molar-refractivity contribution in [3.05, 3.63) is 35.5 Å². The molecule has 0 heterocycles. The molecule has 3 aliphatic rings. The van der Waals surface area contributed by atoms with Crippen molar-refractivity contribution in [3.63, 3.8) is 0 Å². The van der Waals surface area contributed by atoms with Gasteiger partial charge in [-0.1, -0.05) is 43.7 Å². The first-order valence-electron chi connectivity index (χ1n) is 12.2. The van der Waals surface area contributed by atoms with Gasteiger partial charge in [0.1, 0.15) is 0 Å². The van der Waals surface area contributed by atoms with E-state index in [0.717, 1.165) is 12.0 Å². The molecule has 3 rings (SSSR count). The molecule has 0 amide bonds. The van der Waals surface area contributed by atoms with E-state index in [1.807, 2.05) is 13.8 Å². The molecule has 3 fully saturated rings. The summed E-state index contributed by atoms with van der Waals surface area (Å²) in [6.07, 6.45) is 10.5. The molecule has 0 aromatic rings. The first-order valence-corrected chi connectivity index (χ1v) is 12.2. The van der Waals surface area contributed by atoms with E-state index in [9.17, 15) is 15.3 Å². The summed E-state index contributed by atoms with van der Waals surface area (Å²) < 4.78 is 6.30. The van der Waals surface area contributed by atoms with Crippen LogP contribution in [0.2, 0.25) is 0 Å². The van der Waals surface area contributed by atoms with Gasteiger partial charge in [-0.05, 0) is 88.5 Å². The Bertz CT molecular complexity index is 699. The molecule has 3 unspecified atom stereocenters. The number of fused-ring (bicyclic) bond motifs is 1. The van der Waals surface area contributed by atoms with Crippen molar-refractivity contribution >= 4 is 0 Å². The highest BCUT2D eigenvalue weighted by atomic mass is 16.5. The van der Waals surface area contributed by atoms with Crippen molar-refractivity contribution in [2.24, 2.45) is 23.2 Å². The van der Waals surface area contributed by atoms with Crippen LogP contribution in [0.3, 0.4) is 0 Å². The molecule has 176 valence electrons. The fraction of sp³-hybridized carbons (Fsp3) is 0.778. The third kappa shape index (κ3) is 5.35. The second-order valence-corrected chi connectivity index (χ2v) is 11.3. The Morgan fingerprint density at radius 1 is 1.16 bits per heavy atom. The minimum atomic E-state index is -0.720. The normalized spacial score (nSPS) is 37.6. The molecule has 0 bridgehead atoms. The van der Waals surface area contributed by atoms with Crippen LogP contribution in [0.4, 0.5) is 0 Å². The van der Waals surface area contributed by atoms with Crippen LogP contribution >= 0.6 is 0 Å². The van der Waals surface area contributed by atoms with Crippen LogP contribution < -0.4 is 0 Å². The van der Waals surface area contributed by atoms with Crippen molar-refractivity contribution < 1.29 is 20.1 Å². The smallest absolute Gasteiger partial charge is 0.0809 e. The van der Waals surface area contributed by atoms with Gasteiger partial charge >= 0.3 is 0 Å². The predicted molar refractivity (Wildman–Crippen MR) is 126 cm³/mol. The highest BCUT2D eigenvalue weighted by Crippen LogP contribution is 2.58. The summed E-state index contributed by atoms with van der Waals surface area (Å²) in [5.74, 6) is 1.21. The van der Waals surface area contributed by atoms with Crippen molar-refractivity contribution in [2.75, 3.05) is 6.61 Å². The van der Waals surface area contributed by atoms with Gasteiger partial charge in [-0.2, -0.15) is 0 Å². The summed E-state index contributed by atoms with van der Waals surface area (Å²) in [6.45, 7) is 14.8. The van der Waals surface area contributed by atoms with Gasteiger partial charge in [-0.25, -0.2) is 0 Å². The number of aliphatic hydroxyl groups is 3. The van der Waals surface area contributed by atoms with Crippen molar-refractivity contribution in [1.82, 2.24) is 0 Å². The predicted octanol–water partition coefficient (Wildman–Crippen LogP) is 4.94. The zero-order chi connectivity index (χ0) is 23.0. The fourth-order valence-electron chi connectivity index (χ4n) is 6.09. The molecule has 0 radical (unpaired) electrons. The summed E-state index contributed by atoms with van der Waals surface area (Å²) in [4.78, 5) is 0. The minimum absolute atomic E-state index is 0.102. The summed E-state index contributed by atoms with van der Waals surface area (Å²) in [6, 6.07) is 0. The maximum absolute atomic E-state index is 10.2. The number of ether oxygens (including phenoxy) is 1. The summed E-state index contributed by atoms with van der Waals surface area (Å²) in [5, 5.41) is 30.5. The maximum atomic E-state index is 10.2. The average molecular weight is 433 g/mol. The zero-order valence-electron chi connectivity index (χ0n) is 20.2. The van der Waals surface area contributed by atoms with E-state index in [0.29, 0.717) is 36.9 Å². The third-order valence-corrected chi connectivity index (χ3v) is 8.72. The van der Waals surface area contributed by atoms with Gasteiger partial charge in [0.05, 0.1) is 30.5 Å². The molecule has 3 saturated carbocycles. The topological polar surface area (TPSA) is 69.9 Å². The number of rotatable bonds is 6. The summed E-state index contributed by atoms with van der Waals surface area (Å²) in [5.41, 5.74) is 2.71. The zero-order valence-corrected chi connectivity index (χ0v) is 20.2. The van der Waals surface area contributed by atoms with Gasteiger partial charge in [-0.3, -0.25) is 0 Å². The third-order valence-electron chi connectivity index (χ3n) is 8.72. The molecule has 0 spiro atoms. The van der Waals surface area contributed by atoms with Crippen LogP contribution in [-0.4, -0.2) is 45.8 Å². The lowest BCUT2D eigenvalue weighted by Gasteiger charge is -2.44. The lowest BCUT2D eigenvalue weighted by molar-refractivity contribution is -0.0720. The van der Waals surface area contributed by atoms with Gasteiger partial charge in [0, 0.05) is 5.92 Å². The van der Waals surface area contributed by atoms with Gasteiger partial charge in [0.2, 0.25) is 0 Å². The van der Waals surface area contributed by atoms with E-state index in [-0.39, 0.29) is 17.4 Å². The quantitative estimate of drug-likeness (QED) is 0.520. The van der Waals surface area contributed by atoms with Crippen molar-refractivity contribution in [2.45, 2.75) is 103 Å². The van der Waals surface area contributed by atoms with Gasteiger partial charge < -0.3 is 20.1 Å². The standard InChI is InChI=1S/C27H44O4/c1-17(26(4,5)30)16-31-19(3)22-11-12-23-21(8-7-13-27(22,23)6)10-9-20-14-24(28)18(2)25(29)15-20/h9-10,17,19,22-25,28-30H,2,7-8,11-16H2,1,3-6H3/b21-10+/t17-,19+,22?,23?,24+,25+,27?/m0/s1. The van der Waals surface area contributed by atoms with Crippen LogP contribution in [0.25, 0.3) is 0 Å². The molecule has 31 heavy (non-hydrogen) atoms. The number of aliphatic hydroxyl groups excluding tert-OH is 2. The Morgan fingerprint density at radius 3 is 2.42 bits per heavy atom. The van der Waals surface area contributed by atoms with Gasteiger partial charge in [-0.15, -0.1) is 0 Å². The summed E-state index contributed by atoms with van der Waals surface area (Å²) in [7, 11) is 0. The molecule has 3 N–H and O–H groups in total. The minimum Gasteiger partial charge on any atom is -0.390 e. The average Bonchev–Trinajstić information content (AvgIpc) is 3.05. The Hall–Kier alpha value is -0.940. The monoisotopic (exact) mass is 432 g/mol. The Kier molecular flexibility index (Phi) is 7.57. The second kappa shape index (κ2) is 9.51. The van der Waals surface area contributed by atoms with E-state index in [4.69, 9.17) is 4.74 Å². The lowest BCUT2D eigenvalue weighted by atomic mass is 9.62. The molecule has 7 atom stereocenters. The first-order chi connectivity index (χ1) is 14.4. The molecule has 3 aliphatic carbocycles. The van der Waals surface area contributed by atoms with Gasteiger partial charge in [0.15, 0.2) is 0 Å². The molecule has 0 aromatic carbocycles. The molecule has 4 nitrogen and oxygen atoms in total. The number of allylic oxidation sites excluding steroid dienone is 3. The Balaban J connectivity index is 1.68. The van der Waals surface area contributed by atoms with Gasteiger partial charge in [0.25, 0.3) is 0 Å². The number of hydrogen-bond donors (Lipinski definition) is 3. The highest BCUT2D eigenvalue weighted by Gasteiger charge is 2.51. The maximum Gasteiger partial charge on any atom is 0.0809 e. The highest BCUT2D eigenvalue weighted by molar-refractivity contribution is 5.29. The molecule has 0 aromatic heterocycles. The molecular weight excluding hydrogens is 388 g/mol. The largest absolute Gasteiger partial charge is 0.390 e. The van der Waals surface area contributed by atoms with Crippen LogP contribution in [0.15, 0.2) is 35.5 Å². The molecule has 4 heteroatoms. The van der Waals surface area contributed by atoms with Crippen LogP contribution in [0.5, 0.6) is 0 Å². The van der Waals surface area contributed by atoms with Crippen LogP contribution in [0.1, 0.15) is 79.6 Å². The van der Waals surface area contributed by atoms with E-state index >= 15 is 0 Å². The number of hydrogen-bond acceptors (Lipinski definition) is 4. The Labute approximate surface area is 189 Å².